The summed E-state index contributed by atoms with van der Waals surface area (Å²) in [6, 6.07) is 0. The summed E-state index contributed by atoms with van der Waals surface area (Å²) in [5.74, 6) is 0. The van der Waals surface area contributed by atoms with E-state index in [0.717, 1.165) is 18.9 Å². The Kier molecular flexibility index (Phi) is 64.8. The Labute approximate surface area is 100 Å². The van der Waals surface area contributed by atoms with Crippen LogP contribution in [0.25, 0.3) is 11.5 Å². The molecule has 0 atom stereocenters. The molecular formula is C9H18IrN2O2-4. The molecule has 0 saturated heterocycles. The van der Waals surface area contributed by atoms with Crippen molar-refractivity contribution >= 4 is 6.29 Å². The van der Waals surface area contributed by atoms with Crippen LogP contribution in [0.3, 0.4) is 0 Å². The summed E-state index contributed by atoms with van der Waals surface area (Å²) in [4.78, 5) is 9.16. The number of carbonyl (C=O) groups excluding carboxylic acids is 1. The van der Waals surface area contributed by atoms with Crippen molar-refractivity contribution in [2.75, 3.05) is 13.1 Å². The Morgan fingerprint density at radius 2 is 1.43 bits per heavy atom. The Bertz CT molecular complexity index is 92.8. The molecule has 0 aliphatic rings. The van der Waals surface area contributed by atoms with Crippen molar-refractivity contribution in [2.45, 2.75) is 12.8 Å². The molecule has 14 heavy (non-hydrogen) atoms. The summed E-state index contributed by atoms with van der Waals surface area (Å²) in [5, 5.41) is 7.65. The quantitative estimate of drug-likeness (QED) is 0.354. The van der Waals surface area contributed by atoms with Gasteiger partial charge >= 0.3 is 0 Å². The van der Waals surface area contributed by atoms with Crippen LogP contribution in [0.4, 0.5) is 0 Å². The van der Waals surface area contributed by atoms with Gasteiger partial charge in [0, 0.05) is 26.2 Å². The second-order valence-corrected chi connectivity index (χ2v) is 1.68. The monoisotopic (exact) mass is 379 g/mol. The summed E-state index contributed by atoms with van der Waals surface area (Å²) in [6.07, 6.45) is 3.66. The second-order valence-electron chi connectivity index (χ2n) is 1.68. The van der Waals surface area contributed by atoms with E-state index in [-0.39, 0.29) is 20.1 Å². The van der Waals surface area contributed by atoms with E-state index in [1.807, 2.05) is 0 Å². The van der Waals surface area contributed by atoms with Crippen LogP contribution in [0.15, 0.2) is 12.3 Å². The van der Waals surface area contributed by atoms with Gasteiger partial charge in [-0.2, -0.15) is 13.1 Å². The van der Waals surface area contributed by atoms with E-state index < -0.39 is 0 Å². The summed E-state index contributed by atoms with van der Waals surface area (Å²) >= 11 is 0. The molecule has 0 aromatic rings. The van der Waals surface area contributed by atoms with Gasteiger partial charge in [-0.3, -0.25) is 4.79 Å². The predicted molar refractivity (Wildman–Crippen MR) is 56.2 cm³/mol. The number of allylic oxidation sites excluding steroid dienone is 1. The van der Waals surface area contributed by atoms with Gasteiger partial charge in [0.05, 0.1) is 6.26 Å². The fraction of sp³-hybridized carbons (Fsp3) is 0.444. The third kappa shape index (κ3) is 95.8. The topological polar surface area (TPSA) is 84.9 Å². The van der Waals surface area contributed by atoms with Crippen molar-refractivity contribution in [1.29, 1.82) is 0 Å². The van der Waals surface area contributed by atoms with Gasteiger partial charge in [-0.25, -0.2) is 12.8 Å². The number of hydrogen-bond acceptors (Lipinski definition) is 2. The van der Waals surface area contributed by atoms with E-state index in [1.165, 1.54) is 0 Å². The van der Waals surface area contributed by atoms with Gasteiger partial charge < -0.3 is 30.4 Å². The third-order valence-electron chi connectivity index (χ3n) is 0.518. The van der Waals surface area contributed by atoms with Gasteiger partial charge in [-0.15, -0.1) is 0 Å². The van der Waals surface area contributed by atoms with Crippen molar-refractivity contribution in [1.82, 2.24) is 0 Å². The summed E-state index contributed by atoms with van der Waals surface area (Å²) < 4.78 is 0. The number of nitrogens with one attached hydrogen (secondary N) is 2. The summed E-state index contributed by atoms with van der Waals surface area (Å²) in [6.45, 7) is 7.75. The first-order valence-corrected chi connectivity index (χ1v) is 3.87. The number of carbonyl (C=O) groups is 1. The minimum Gasteiger partial charge on any atom is -0.679 e. The maximum Gasteiger partial charge on any atom is 0.145 e. The SMILES string of the molecule is O=C/C=C\O.[CH2-]CC[NH-].[CH2-]CC[NH-].[Ir]. The van der Waals surface area contributed by atoms with Gasteiger partial charge in [-0.1, -0.05) is 0 Å². The molecule has 0 amide bonds. The van der Waals surface area contributed by atoms with E-state index in [1.54, 1.807) is 0 Å². The zero-order valence-electron chi connectivity index (χ0n) is 8.16. The molecule has 0 saturated carbocycles. The average Bonchev–Trinajstić information content (AvgIpc) is 2.20. The van der Waals surface area contributed by atoms with Crippen LogP contribution in [0.2, 0.25) is 0 Å². The van der Waals surface area contributed by atoms with Crippen LogP contribution in [0, 0.1) is 13.8 Å². The van der Waals surface area contributed by atoms with Gasteiger partial charge in [0.15, 0.2) is 0 Å². The minimum absolute atomic E-state index is 0. The molecule has 4 nitrogen and oxygen atoms in total. The first kappa shape index (κ1) is 23.5. The van der Waals surface area contributed by atoms with E-state index in [2.05, 4.69) is 13.8 Å². The van der Waals surface area contributed by atoms with E-state index >= 15 is 0 Å². The molecule has 0 spiro atoms. The van der Waals surface area contributed by atoms with Gasteiger partial charge in [0.1, 0.15) is 6.29 Å². The Hall–Kier alpha value is -0.221. The zero-order valence-corrected chi connectivity index (χ0v) is 10.6. The minimum atomic E-state index is 0. The molecule has 3 N–H and O–H groups in total. The largest absolute Gasteiger partial charge is 0.679 e. The Morgan fingerprint density at radius 1 is 1.14 bits per heavy atom. The fourth-order valence-corrected chi connectivity index (χ4v) is 0.0351. The average molecular weight is 378 g/mol. The molecule has 0 aliphatic heterocycles. The third-order valence-corrected chi connectivity index (χ3v) is 0.518. The second kappa shape index (κ2) is 38.6. The molecule has 0 aromatic heterocycles. The van der Waals surface area contributed by atoms with Crippen LogP contribution in [-0.4, -0.2) is 24.5 Å². The molecule has 0 rings (SSSR count). The predicted octanol–water partition coefficient (Wildman–Crippen LogP) is 2.78. The first-order chi connectivity index (χ1) is 6.24. The van der Waals surface area contributed by atoms with Crippen LogP contribution >= 0.6 is 0 Å². The number of aliphatic hydroxyl groups excluding tert-OH is 1. The molecule has 5 heteroatoms. The molecular weight excluding hydrogens is 360 g/mol. The van der Waals surface area contributed by atoms with Crippen molar-refractivity contribution in [2.24, 2.45) is 0 Å². The number of hydrogen-bond donors (Lipinski definition) is 1. The number of aliphatic hydroxyl groups is 1. The molecule has 0 unspecified atom stereocenters. The molecule has 0 aliphatic carbocycles. The fourth-order valence-electron chi connectivity index (χ4n) is 0.0351. The molecule has 89 valence electrons. The van der Waals surface area contributed by atoms with Crippen LogP contribution < -0.4 is 0 Å². The van der Waals surface area contributed by atoms with Crippen molar-refractivity contribution in [3.8, 4) is 0 Å². The molecule has 0 bridgehead atoms. The molecule has 1 radical (unpaired) electrons. The van der Waals surface area contributed by atoms with Crippen LogP contribution in [0.1, 0.15) is 12.8 Å². The summed E-state index contributed by atoms with van der Waals surface area (Å²) in [5.41, 5.74) is 12.8. The standard InChI is InChI=1S/2C3H7N.C3H4O2.Ir/c2*1-2-3-4;4-2-1-3-5;/h2*4H,1-3H2;1-4H;/q2*-2;;/b;;2-1-;. The van der Waals surface area contributed by atoms with Crippen molar-refractivity contribution < 1.29 is 30.0 Å². The maximum absolute atomic E-state index is 9.16. The van der Waals surface area contributed by atoms with Gasteiger partial charge in [-0.05, 0) is 0 Å². The van der Waals surface area contributed by atoms with Gasteiger partial charge in [0.2, 0.25) is 0 Å². The molecule has 0 aromatic carbocycles. The van der Waals surface area contributed by atoms with Crippen LogP contribution in [0.5, 0.6) is 0 Å². The van der Waals surface area contributed by atoms with Crippen molar-refractivity contribution in [3.05, 3.63) is 37.7 Å². The Balaban J connectivity index is -0.0000000522. The molecule has 0 fully saturated rings. The van der Waals surface area contributed by atoms with E-state index in [0.29, 0.717) is 25.6 Å². The van der Waals surface area contributed by atoms with Gasteiger partial charge in [0.25, 0.3) is 0 Å². The number of rotatable bonds is 3. The normalized spacial score (nSPS) is 7.43. The smallest absolute Gasteiger partial charge is 0.145 e. The Morgan fingerprint density at radius 3 is 1.43 bits per heavy atom. The van der Waals surface area contributed by atoms with Crippen molar-refractivity contribution in [3.63, 3.8) is 0 Å². The molecule has 0 heterocycles. The van der Waals surface area contributed by atoms with Crippen LogP contribution in [-0.2, 0) is 24.9 Å². The zero-order chi connectivity index (χ0) is 10.9. The first-order valence-electron chi connectivity index (χ1n) is 3.87. The number of aldehydes is 1. The van der Waals surface area contributed by atoms with E-state index in [4.69, 9.17) is 21.4 Å². The van der Waals surface area contributed by atoms with E-state index in [9.17, 15) is 0 Å². The summed E-state index contributed by atoms with van der Waals surface area (Å²) in [7, 11) is 0. The maximum atomic E-state index is 9.16.